The van der Waals surface area contributed by atoms with Crippen LogP contribution in [0.4, 0.5) is 11.4 Å². The van der Waals surface area contributed by atoms with Crippen LogP contribution in [0.1, 0.15) is 25.2 Å². The number of allylic oxidation sites excluding steroid dienone is 1. The topological polar surface area (TPSA) is 87.4 Å². The maximum atomic E-state index is 12.3. The molecule has 3 rings (SSSR count). The van der Waals surface area contributed by atoms with Crippen molar-refractivity contribution < 1.29 is 4.79 Å². The Balaban J connectivity index is 1.51. The van der Waals surface area contributed by atoms with Crippen LogP contribution < -0.4 is 15.6 Å². The third-order valence-electron chi connectivity index (χ3n) is 5.16. The van der Waals surface area contributed by atoms with E-state index in [0.717, 1.165) is 30.2 Å². The summed E-state index contributed by atoms with van der Waals surface area (Å²) in [4.78, 5) is 14.6. The first-order valence-electron chi connectivity index (χ1n) is 11.4. The Hall–Kier alpha value is -2.86. The lowest BCUT2D eigenvalue weighted by atomic mass is 10.2. The maximum Gasteiger partial charge on any atom is 0.250 e. The zero-order valence-corrected chi connectivity index (χ0v) is 22.9. The van der Waals surface area contributed by atoms with Gasteiger partial charge in [-0.1, -0.05) is 30.0 Å². The van der Waals surface area contributed by atoms with Crippen LogP contribution in [0.5, 0.6) is 0 Å². The number of aromatic nitrogens is 3. The highest BCUT2D eigenvalue weighted by molar-refractivity contribution is 14.1. The fourth-order valence-electron chi connectivity index (χ4n) is 3.32. The fourth-order valence-corrected chi connectivity index (χ4v) is 4.44. The van der Waals surface area contributed by atoms with Crippen molar-refractivity contribution in [1.29, 1.82) is 0 Å². The summed E-state index contributed by atoms with van der Waals surface area (Å²) in [6, 6.07) is 16.2. The molecule has 0 aliphatic rings. The highest BCUT2D eigenvalue weighted by Gasteiger charge is 2.13. The Kier molecular flexibility index (Phi) is 10.6. The van der Waals surface area contributed by atoms with Crippen LogP contribution in [0.15, 0.2) is 71.4 Å². The van der Waals surface area contributed by atoms with Gasteiger partial charge in [-0.25, -0.2) is 5.43 Å². The molecule has 8 nitrogen and oxygen atoms in total. The number of amides is 1. The Morgan fingerprint density at radius 2 is 1.86 bits per heavy atom. The summed E-state index contributed by atoms with van der Waals surface area (Å²) in [5.41, 5.74) is 5.68. The van der Waals surface area contributed by atoms with Crippen LogP contribution in [-0.4, -0.2) is 45.7 Å². The predicted molar refractivity (Wildman–Crippen MR) is 153 cm³/mol. The number of hydrazone groups is 1. The summed E-state index contributed by atoms with van der Waals surface area (Å²) in [6.45, 7) is 11.1. The quantitative estimate of drug-likeness (QED) is 0.0963. The molecule has 2 aromatic carbocycles. The lowest BCUT2D eigenvalue weighted by molar-refractivity contribution is -0.118. The van der Waals surface area contributed by atoms with E-state index < -0.39 is 0 Å². The molecule has 0 spiro atoms. The lowest BCUT2D eigenvalue weighted by Crippen LogP contribution is -2.21. The third kappa shape index (κ3) is 8.10. The molecular weight excluding hydrogens is 573 g/mol. The minimum absolute atomic E-state index is 0.179. The Morgan fingerprint density at radius 3 is 2.51 bits per heavy atom. The third-order valence-corrected chi connectivity index (χ3v) is 6.84. The molecule has 0 aliphatic heterocycles. The molecular formula is C25H30IN7OS. The van der Waals surface area contributed by atoms with Gasteiger partial charge in [0.05, 0.1) is 18.5 Å². The van der Waals surface area contributed by atoms with E-state index in [-0.39, 0.29) is 11.7 Å². The molecule has 1 amide bonds. The van der Waals surface area contributed by atoms with Crippen molar-refractivity contribution in [3.8, 4) is 0 Å². The number of halogens is 1. The summed E-state index contributed by atoms with van der Waals surface area (Å²) >= 11 is 3.59. The number of hydrogen-bond donors (Lipinski definition) is 2. The smallest absolute Gasteiger partial charge is 0.250 e. The molecule has 3 aromatic rings. The van der Waals surface area contributed by atoms with E-state index in [1.807, 2.05) is 41.0 Å². The van der Waals surface area contributed by atoms with E-state index >= 15 is 0 Å². The van der Waals surface area contributed by atoms with Crippen molar-refractivity contribution in [1.82, 2.24) is 20.2 Å². The van der Waals surface area contributed by atoms with E-state index in [2.05, 4.69) is 86.1 Å². The fraction of sp³-hybridized carbons (Fsp3) is 0.280. The van der Waals surface area contributed by atoms with E-state index in [1.165, 1.54) is 21.0 Å². The molecule has 0 radical (unpaired) electrons. The Labute approximate surface area is 224 Å². The van der Waals surface area contributed by atoms with Crippen LogP contribution in [0.2, 0.25) is 0 Å². The number of anilines is 2. The highest BCUT2D eigenvalue weighted by atomic mass is 127. The molecule has 0 fully saturated rings. The van der Waals surface area contributed by atoms with Crippen molar-refractivity contribution in [3.05, 3.63) is 76.1 Å². The first-order chi connectivity index (χ1) is 17.0. The second-order valence-electron chi connectivity index (χ2n) is 7.50. The average molecular weight is 604 g/mol. The second kappa shape index (κ2) is 13.9. The molecule has 1 heterocycles. The summed E-state index contributed by atoms with van der Waals surface area (Å²) in [6.07, 6.45) is 3.43. The first kappa shape index (κ1) is 26.7. The van der Waals surface area contributed by atoms with Gasteiger partial charge in [-0.2, -0.15) is 5.10 Å². The van der Waals surface area contributed by atoms with Crippen molar-refractivity contribution in [3.63, 3.8) is 0 Å². The number of thioether (sulfide) groups is 1. The summed E-state index contributed by atoms with van der Waals surface area (Å²) in [5, 5.41) is 16.7. The molecule has 1 aromatic heterocycles. The van der Waals surface area contributed by atoms with Crippen molar-refractivity contribution in [2.45, 2.75) is 32.1 Å². The minimum atomic E-state index is -0.210. The Morgan fingerprint density at radius 1 is 1.14 bits per heavy atom. The molecule has 0 bridgehead atoms. The van der Waals surface area contributed by atoms with Gasteiger partial charge in [0.1, 0.15) is 0 Å². The van der Waals surface area contributed by atoms with Crippen molar-refractivity contribution in [2.75, 3.05) is 29.1 Å². The molecule has 0 unspecified atom stereocenters. The highest BCUT2D eigenvalue weighted by Crippen LogP contribution is 2.19. The number of hydrogen-bond acceptors (Lipinski definition) is 7. The molecule has 0 aliphatic carbocycles. The van der Waals surface area contributed by atoms with Gasteiger partial charge in [0.25, 0.3) is 5.91 Å². The predicted octanol–water partition coefficient (Wildman–Crippen LogP) is 4.77. The van der Waals surface area contributed by atoms with Gasteiger partial charge in [0.2, 0.25) is 0 Å². The molecule has 0 saturated carbocycles. The SMILES string of the molecule is C=CCn1c(CNc2ccc(I)cc2)nnc1SCC(=O)N/N=C/c1ccc(N(CC)CC)cc1. The van der Waals surface area contributed by atoms with Crippen molar-refractivity contribution >= 4 is 57.8 Å². The van der Waals surface area contributed by atoms with Gasteiger partial charge in [-0.3, -0.25) is 4.79 Å². The van der Waals surface area contributed by atoms with Gasteiger partial charge in [0, 0.05) is 34.6 Å². The zero-order valence-electron chi connectivity index (χ0n) is 19.9. The standard InChI is InChI=1S/C25H30IN7OS/c1-4-15-33-23(17-27-21-11-9-20(26)10-12-21)29-31-25(33)35-18-24(34)30-28-16-19-7-13-22(14-8-19)32(5-2)6-3/h4,7-14,16,27H,1,5-6,15,17-18H2,2-3H3,(H,30,34)/b28-16+. The number of carbonyl (C=O) groups excluding carboxylic acids is 1. The number of benzene rings is 2. The number of nitrogens with one attached hydrogen (secondary N) is 2. The van der Waals surface area contributed by atoms with Gasteiger partial charge < -0.3 is 14.8 Å². The largest absolute Gasteiger partial charge is 0.378 e. The lowest BCUT2D eigenvalue weighted by Gasteiger charge is -2.20. The second-order valence-corrected chi connectivity index (χ2v) is 9.69. The molecule has 10 heteroatoms. The minimum Gasteiger partial charge on any atom is -0.378 e. The number of nitrogens with zero attached hydrogens (tertiary/aromatic N) is 5. The van der Waals surface area contributed by atoms with E-state index in [9.17, 15) is 4.79 Å². The van der Waals surface area contributed by atoms with Crippen LogP contribution in [0, 0.1) is 3.57 Å². The van der Waals surface area contributed by atoms with E-state index in [0.29, 0.717) is 18.2 Å². The monoisotopic (exact) mass is 603 g/mol. The summed E-state index contributed by atoms with van der Waals surface area (Å²) in [5.74, 6) is 0.744. The zero-order chi connectivity index (χ0) is 25.0. The maximum absolute atomic E-state index is 12.3. The number of rotatable bonds is 13. The van der Waals surface area contributed by atoms with E-state index in [1.54, 1.807) is 12.3 Å². The van der Waals surface area contributed by atoms with Crippen molar-refractivity contribution in [2.24, 2.45) is 5.10 Å². The molecule has 35 heavy (non-hydrogen) atoms. The van der Waals surface area contributed by atoms with Crippen LogP contribution >= 0.6 is 34.4 Å². The van der Waals surface area contributed by atoms with Crippen LogP contribution in [0.25, 0.3) is 0 Å². The van der Waals surface area contributed by atoms with Gasteiger partial charge >= 0.3 is 0 Å². The normalized spacial score (nSPS) is 10.9. The molecule has 2 N–H and O–H groups in total. The number of carbonyl (C=O) groups is 1. The summed E-state index contributed by atoms with van der Waals surface area (Å²) in [7, 11) is 0. The van der Waals surface area contributed by atoms with Crippen LogP contribution in [-0.2, 0) is 17.9 Å². The molecule has 0 saturated heterocycles. The van der Waals surface area contributed by atoms with Gasteiger partial charge in [-0.05, 0) is 78.4 Å². The van der Waals surface area contributed by atoms with Crippen LogP contribution in [0.3, 0.4) is 0 Å². The molecule has 184 valence electrons. The van der Waals surface area contributed by atoms with Gasteiger partial charge in [0.15, 0.2) is 11.0 Å². The Bertz CT molecular complexity index is 1130. The average Bonchev–Trinajstić information content (AvgIpc) is 3.25. The van der Waals surface area contributed by atoms with E-state index in [4.69, 9.17) is 0 Å². The van der Waals surface area contributed by atoms with Gasteiger partial charge in [-0.15, -0.1) is 16.8 Å². The summed E-state index contributed by atoms with van der Waals surface area (Å²) < 4.78 is 3.13. The molecule has 0 atom stereocenters. The first-order valence-corrected chi connectivity index (χ1v) is 13.4.